The Bertz CT molecular complexity index is 546. The van der Waals surface area contributed by atoms with Gasteiger partial charge >= 0.3 is 5.97 Å². The maximum absolute atomic E-state index is 11.8. The van der Waals surface area contributed by atoms with E-state index in [-0.39, 0.29) is 12.6 Å². The standard InChI is InChI=1S/C18H24O5/c1-12-14(11-22-17(20)18(2,3)4)23-16(15(12)19)21-10-13-8-6-5-7-9-13/h5-9,14-16,19H,1,10-11H2,2-4H3/t14-,15+,16?/m1/s1. The Morgan fingerprint density at radius 2 is 1.96 bits per heavy atom. The van der Waals surface area contributed by atoms with Gasteiger partial charge in [-0.2, -0.15) is 0 Å². The van der Waals surface area contributed by atoms with Gasteiger partial charge in [0.05, 0.1) is 12.0 Å². The van der Waals surface area contributed by atoms with E-state index in [1.165, 1.54) is 0 Å². The topological polar surface area (TPSA) is 65.0 Å². The van der Waals surface area contributed by atoms with Crippen molar-refractivity contribution in [3.8, 4) is 0 Å². The normalized spacial score (nSPS) is 24.7. The quantitative estimate of drug-likeness (QED) is 0.667. The number of benzene rings is 1. The van der Waals surface area contributed by atoms with Crippen LogP contribution < -0.4 is 0 Å². The van der Waals surface area contributed by atoms with Gasteiger partial charge in [0.2, 0.25) is 0 Å². The number of hydrogen-bond donors (Lipinski definition) is 1. The Morgan fingerprint density at radius 3 is 2.57 bits per heavy atom. The van der Waals surface area contributed by atoms with Crippen molar-refractivity contribution in [1.82, 2.24) is 0 Å². The summed E-state index contributed by atoms with van der Waals surface area (Å²) in [7, 11) is 0. The van der Waals surface area contributed by atoms with Crippen LogP contribution in [0, 0.1) is 5.41 Å². The Balaban J connectivity index is 1.86. The van der Waals surface area contributed by atoms with Gasteiger partial charge in [0.15, 0.2) is 6.29 Å². The molecule has 1 aliphatic rings. The first-order chi connectivity index (χ1) is 10.8. The molecule has 5 heteroatoms. The molecule has 2 rings (SSSR count). The summed E-state index contributed by atoms with van der Waals surface area (Å²) in [5.41, 5.74) is 0.864. The molecule has 1 unspecified atom stereocenters. The maximum Gasteiger partial charge on any atom is 0.311 e. The van der Waals surface area contributed by atoms with Crippen LogP contribution in [0.5, 0.6) is 0 Å². The first kappa shape index (κ1) is 17.7. The predicted octanol–water partition coefficient (Wildman–Crippen LogP) is 2.43. The van der Waals surface area contributed by atoms with Crippen LogP contribution >= 0.6 is 0 Å². The van der Waals surface area contributed by atoms with E-state index < -0.39 is 23.9 Å². The second-order valence-electron chi connectivity index (χ2n) is 6.66. The van der Waals surface area contributed by atoms with Gasteiger partial charge in [-0.25, -0.2) is 0 Å². The van der Waals surface area contributed by atoms with Gasteiger partial charge < -0.3 is 19.3 Å². The van der Waals surface area contributed by atoms with Crippen LogP contribution in [0.4, 0.5) is 0 Å². The van der Waals surface area contributed by atoms with Crippen molar-refractivity contribution in [2.75, 3.05) is 6.61 Å². The van der Waals surface area contributed by atoms with E-state index in [0.29, 0.717) is 12.2 Å². The highest BCUT2D eigenvalue weighted by Crippen LogP contribution is 2.27. The molecule has 3 atom stereocenters. The molecule has 0 aromatic heterocycles. The molecule has 1 saturated heterocycles. The smallest absolute Gasteiger partial charge is 0.311 e. The lowest BCUT2D eigenvalue weighted by Crippen LogP contribution is -2.28. The number of carbonyl (C=O) groups excluding carboxylic acids is 1. The third-order valence-corrected chi connectivity index (χ3v) is 3.58. The lowest BCUT2D eigenvalue weighted by atomic mass is 9.97. The maximum atomic E-state index is 11.8. The lowest BCUT2D eigenvalue weighted by Gasteiger charge is -2.19. The van der Waals surface area contributed by atoms with Crippen LogP contribution in [0.1, 0.15) is 26.3 Å². The van der Waals surface area contributed by atoms with Gasteiger partial charge in [-0.05, 0) is 31.9 Å². The van der Waals surface area contributed by atoms with Crippen LogP contribution in [0.15, 0.2) is 42.5 Å². The second-order valence-corrected chi connectivity index (χ2v) is 6.66. The fourth-order valence-electron chi connectivity index (χ4n) is 2.09. The molecule has 0 saturated carbocycles. The van der Waals surface area contributed by atoms with E-state index >= 15 is 0 Å². The van der Waals surface area contributed by atoms with E-state index in [1.807, 2.05) is 30.3 Å². The van der Waals surface area contributed by atoms with E-state index in [9.17, 15) is 9.90 Å². The molecule has 126 valence electrons. The van der Waals surface area contributed by atoms with Crippen molar-refractivity contribution in [2.24, 2.45) is 5.41 Å². The van der Waals surface area contributed by atoms with Crippen molar-refractivity contribution in [3.63, 3.8) is 0 Å². The van der Waals surface area contributed by atoms with Crippen molar-refractivity contribution < 1.29 is 24.1 Å². The van der Waals surface area contributed by atoms with Crippen LogP contribution in [0.3, 0.4) is 0 Å². The van der Waals surface area contributed by atoms with Gasteiger partial charge in [0, 0.05) is 0 Å². The molecule has 1 aromatic carbocycles. The minimum atomic E-state index is -0.933. The SMILES string of the molecule is C=C1[C@@H](COC(=O)C(C)(C)C)OC(OCc2ccccc2)[C@H]1O. The average molecular weight is 320 g/mol. The minimum absolute atomic E-state index is 0.0250. The summed E-state index contributed by atoms with van der Waals surface area (Å²) in [6.45, 7) is 9.50. The molecular formula is C18H24O5. The van der Waals surface area contributed by atoms with Gasteiger partial charge in [0.1, 0.15) is 18.8 Å². The van der Waals surface area contributed by atoms with Gasteiger partial charge in [-0.1, -0.05) is 36.9 Å². The fourth-order valence-corrected chi connectivity index (χ4v) is 2.09. The first-order valence-electron chi connectivity index (χ1n) is 7.64. The molecule has 1 aliphatic heterocycles. The van der Waals surface area contributed by atoms with Crippen LogP contribution in [0.25, 0.3) is 0 Å². The zero-order valence-corrected chi connectivity index (χ0v) is 13.8. The number of hydrogen-bond acceptors (Lipinski definition) is 5. The number of ether oxygens (including phenoxy) is 3. The predicted molar refractivity (Wildman–Crippen MR) is 85.5 cm³/mol. The molecule has 1 N–H and O–H groups in total. The number of rotatable bonds is 5. The Kier molecular flexibility index (Phi) is 5.57. The summed E-state index contributed by atoms with van der Waals surface area (Å²) in [6.07, 6.45) is -2.30. The Morgan fingerprint density at radius 1 is 1.30 bits per heavy atom. The van der Waals surface area contributed by atoms with Crippen LogP contribution in [0.2, 0.25) is 0 Å². The van der Waals surface area contributed by atoms with E-state index in [4.69, 9.17) is 14.2 Å². The van der Waals surface area contributed by atoms with Crippen molar-refractivity contribution >= 4 is 5.97 Å². The molecule has 23 heavy (non-hydrogen) atoms. The zero-order chi connectivity index (χ0) is 17.0. The summed E-state index contributed by atoms with van der Waals surface area (Å²) in [6, 6.07) is 9.61. The highest BCUT2D eigenvalue weighted by Gasteiger charge is 2.39. The molecule has 0 spiro atoms. The zero-order valence-electron chi connectivity index (χ0n) is 13.8. The van der Waals surface area contributed by atoms with E-state index in [0.717, 1.165) is 5.56 Å². The van der Waals surface area contributed by atoms with Gasteiger partial charge in [0.25, 0.3) is 0 Å². The molecule has 1 fully saturated rings. The number of aliphatic hydroxyl groups is 1. The summed E-state index contributed by atoms with van der Waals surface area (Å²) in [5.74, 6) is -0.322. The highest BCUT2D eigenvalue weighted by molar-refractivity contribution is 5.75. The number of carbonyl (C=O) groups is 1. The third kappa shape index (κ3) is 4.64. The summed E-state index contributed by atoms with van der Waals surface area (Å²) >= 11 is 0. The molecule has 0 bridgehead atoms. The molecule has 0 aliphatic carbocycles. The fraction of sp³-hybridized carbons (Fsp3) is 0.500. The van der Waals surface area contributed by atoms with Crippen LogP contribution in [-0.2, 0) is 25.6 Å². The highest BCUT2D eigenvalue weighted by atomic mass is 16.7. The Labute approximate surface area is 136 Å². The molecule has 0 amide bonds. The summed E-state index contributed by atoms with van der Waals surface area (Å²) < 4.78 is 16.5. The van der Waals surface area contributed by atoms with Crippen molar-refractivity contribution in [1.29, 1.82) is 0 Å². The number of aliphatic hydroxyl groups excluding tert-OH is 1. The number of esters is 1. The Hall–Kier alpha value is -1.69. The largest absolute Gasteiger partial charge is 0.462 e. The molecular weight excluding hydrogens is 296 g/mol. The minimum Gasteiger partial charge on any atom is -0.462 e. The second kappa shape index (κ2) is 7.25. The summed E-state index contributed by atoms with van der Waals surface area (Å²) in [5, 5.41) is 10.1. The van der Waals surface area contributed by atoms with Crippen LogP contribution in [-0.4, -0.2) is 36.2 Å². The summed E-state index contributed by atoms with van der Waals surface area (Å²) in [4.78, 5) is 11.8. The van der Waals surface area contributed by atoms with Gasteiger partial charge in [-0.3, -0.25) is 4.79 Å². The monoisotopic (exact) mass is 320 g/mol. The lowest BCUT2D eigenvalue weighted by molar-refractivity contribution is -0.182. The molecule has 1 heterocycles. The average Bonchev–Trinajstić information content (AvgIpc) is 2.78. The van der Waals surface area contributed by atoms with Crippen molar-refractivity contribution in [2.45, 2.75) is 45.9 Å². The third-order valence-electron chi connectivity index (χ3n) is 3.58. The molecule has 1 aromatic rings. The first-order valence-corrected chi connectivity index (χ1v) is 7.64. The van der Waals surface area contributed by atoms with E-state index in [2.05, 4.69) is 6.58 Å². The molecule has 5 nitrogen and oxygen atoms in total. The molecule has 0 radical (unpaired) electrons. The van der Waals surface area contributed by atoms with Crippen molar-refractivity contribution in [3.05, 3.63) is 48.0 Å². The van der Waals surface area contributed by atoms with E-state index in [1.54, 1.807) is 20.8 Å². The van der Waals surface area contributed by atoms with Gasteiger partial charge in [-0.15, -0.1) is 0 Å².